The van der Waals surface area contributed by atoms with E-state index in [9.17, 15) is 12.8 Å². The largest absolute Gasteiger partial charge is 0.488 e. The Morgan fingerprint density at radius 2 is 1.75 bits per heavy atom. The Morgan fingerprint density at radius 3 is 2.42 bits per heavy atom. The number of sulfonamides is 1. The Balaban J connectivity index is 1.89. The molecule has 1 saturated carbocycles. The Bertz CT molecular complexity index is 813. The molecule has 0 aromatic heterocycles. The second-order valence-electron chi connectivity index (χ2n) is 6.06. The van der Waals surface area contributed by atoms with Crippen molar-refractivity contribution in [2.45, 2.75) is 43.6 Å². The van der Waals surface area contributed by atoms with Crippen molar-refractivity contribution in [1.82, 2.24) is 0 Å². The number of hydrogen-bond acceptors (Lipinski definition) is 3. The molecule has 0 amide bonds. The molecule has 1 fully saturated rings. The SMILES string of the molecule is Cc1ccc(S(=O)(=O)Nc2c(F)cccc2OC2CCCC2)cc1. The molecule has 0 atom stereocenters. The van der Waals surface area contributed by atoms with Gasteiger partial charge in [0, 0.05) is 0 Å². The van der Waals surface area contributed by atoms with Crippen LogP contribution < -0.4 is 9.46 Å². The van der Waals surface area contributed by atoms with Crippen LogP contribution >= 0.6 is 0 Å². The van der Waals surface area contributed by atoms with Crippen LogP contribution in [-0.2, 0) is 10.0 Å². The Labute approximate surface area is 141 Å². The third-order valence-electron chi connectivity index (χ3n) is 4.14. The monoisotopic (exact) mass is 349 g/mol. The minimum Gasteiger partial charge on any atom is -0.488 e. The zero-order chi connectivity index (χ0) is 17.2. The van der Waals surface area contributed by atoms with Crippen LogP contribution in [0, 0.1) is 12.7 Å². The molecule has 4 nitrogen and oxygen atoms in total. The summed E-state index contributed by atoms with van der Waals surface area (Å²) >= 11 is 0. The molecule has 128 valence electrons. The van der Waals surface area contributed by atoms with Gasteiger partial charge in [-0.2, -0.15) is 0 Å². The number of rotatable bonds is 5. The van der Waals surface area contributed by atoms with Crippen LogP contribution in [0.2, 0.25) is 0 Å². The van der Waals surface area contributed by atoms with Gasteiger partial charge in [0.15, 0.2) is 5.82 Å². The molecule has 2 aromatic rings. The van der Waals surface area contributed by atoms with E-state index in [1.165, 1.54) is 24.3 Å². The molecular formula is C18H20FNO3S. The fourth-order valence-electron chi connectivity index (χ4n) is 2.80. The molecule has 0 saturated heterocycles. The summed E-state index contributed by atoms with van der Waals surface area (Å²) in [5.74, 6) is -0.418. The highest BCUT2D eigenvalue weighted by Gasteiger charge is 2.23. The maximum atomic E-state index is 14.2. The van der Waals surface area contributed by atoms with Gasteiger partial charge in [-0.3, -0.25) is 4.72 Å². The molecular weight excluding hydrogens is 329 g/mol. The molecule has 3 rings (SSSR count). The third-order valence-corrected chi connectivity index (χ3v) is 5.50. The van der Waals surface area contributed by atoms with Gasteiger partial charge in [0.2, 0.25) is 0 Å². The molecule has 1 aliphatic rings. The van der Waals surface area contributed by atoms with Crippen molar-refractivity contribution >= 4 is 15.7 Å². The molecule has 0 radical (unpaired) electrons. The standard InChI is InChI=1S/C18H20FNO3S/c1-13-9-11-15(12-10-13)24(21,22)20-18-16(19)7-4-8-17(18)23-14-5-2-3-6-14/h4,7-12,14,20H,2-3,5-6H2,1H3. The molecule has 0 heterocycles. The molecule has 1 aliphatic carbocycles. The second kappa shape index (κ2) is 6.81. The lowest BCUT2D eigenvalue weighted by Crippen LogP contribution is -2.17. The zero-order valence-electron chi connectivity index (χ0n) is 13.5. The topological polar surface area (TPSA) is 55.4 Å². The van der Waals surface area contributed by atoms with Gasteiger partial charge in [0.05, 0.1) is 11.0 Å². The van der Waals surface area contributed by atoms with E-state index in [1.54, 1.807) is 18.2 Å². The van der Waals surface area contributed by atoms with Crippen molar-refractivity contribution in [3.63, 3.8) is 0 Å². The summed E-state index contributed by atoms with van der Waals surface area (Å²) in [5.41, 5.74) is 0.815. The van der Waals surface area contributed by atoms with E-state index in [2.05, 4.69) is 4.72 Å². The number of aryl methyl sites for hydroxylation is 1. The minimum atomic E-state index is -3.88. The summed E-state index contributed by atoms with van der Waals surface area (Å²) in [7, 11) is -3.88. The number of halogens is 1. The number of hydrogen-bond donors (Lipinski definition) is 1. The highest BCUT2D eigenvalue weighted by Crippen LogP contribution is 2.33. The van der Waals surface area contributed by atoms with Crippen molar-refractivity contribution in [3.05, 3.63) is 53.8 Å². The first kappa shape index (κ1) is 16.8. The highest BCUT2D eigenvalue weighted by molar-refractivity contribution is 7.92. The maximum absolute atomic E-state index is 14.2. The molecule has 0 unspecified atom stereocenters. The summed E-state index contributed by atoms with van der Waals surface area (Å²) in [6.07, 6.45) is 3.96. The molecule has 0 spiro atoms. The molecule has 6 heteroatoms. The second-order valence-corrected chi connectivity index (χ2v) is 7.74. The van der Waals surface area contributed by atoms with Crippen molar-refractivity contribution in [2.75, 3.05) is 4.72 Å². The van der Waals surface area contributed by atoms with Crippen molar-refractivity contribution in [3.8, 4) is 5.75 Å². The summed E-state index contributed by atoms with van der Waals surface area (Å²) in [4.78, 5) is 0.0863. The van der Waals surface area contributed by atoms with E-state index in [0.717, 1.165) is 31.2 Å². The molecule has 0 bridgehead atoms. The lowest BCUT2D eigenvalue weighted by atomic mass is 10.2. The van der Waals surface area contributed by atoms with E-state index in [-0.39, 0.29) is 22.4 Å². The lowest BCUT2D eigenvalue weighted by Gasteiger charge is -2.18. The van der Waals surface area contributed by atoms with E-state index in [0.29, 0.717) is 0 Å². The van der Waals surface area contributed by atoms with Gasteiger partial charge in [-0.05, 0) is 56.9 Å². The predicted molar refractivity (Wildman–Crippen MR) is 91.3 cm³/mol. The van der Waals surface area contributed by atoms with Crippen molar-refractivity contribution < 1.29 is 17.5 Å². The normalized spacial score (nSPS) is 15.4. The minimum absolute atomic E-state index is 0.00873. The number of anilines is 1. The summed E-state index contributed by atoms with van der Waals surface area (Å²) in [6, 6.07) is 10.7. The summed E-state index contributed by atoms with van der Waals surface area (Å²) < 4.78 is 47.4. The van der Waals surface area contributed by atoms with Crippen LogP contribution in [0.25, 0.3) is 0 Å². The Morgan fingerprint density at radius 1 is 1.08 bits per heavy atom. The van der Waals surface area contributed by atoms with Gasteiger partial charge >= 0.3 is 0 Å². The van der Waals surface area contributed by atoms with Crippen molar-refractivity contribution in [1.29, 1.82) is 0 Å². The van der Waals surface area contributed by atoms with Gasteiger partial charge in [-0.1, -0.05) is 23.8 Å². The van der Waals surface area contributed by atoms with Gasteiger partial charge < -0.3 is 4.74 Å². The average molecular weight is 349 g/mol. The van der Waals surface area contributed by atoms with Crippen LogP contribution in [0.15, 0.2) is 47.4 Å². The Hall–Kier alpha value is -2.08. The van der Waals surface area contributed by atoms with Crippen LogP contribution in [0.4, 0.5) is 10.1 Å². The summed E-state index contributed by atoms with van der Waals surface area (Å²) in [6.45, 7) is 1.87. The quantitative estimate of drug-likeness (QED) is 0.878. The highest BCUT2D eigenvalue weighted by atomic mass is 32.2. The first-order chi connectivity index (χ1) is 11.5. The number of para-hydroxylation sites is 1. The Kier molecular flexibility index (Phi) is 4.76. The average Bonchev–Trinajstić information content (AvgIpc) is 3.04. The summed E-state index contributed by atoms with van der Waals surface area (Å²) in [5, 5.41) is 0. The molecule has 2 aromatic carbocycles. The van der Waals surface area contributed by atoms with Crippen molar-refractivity contribution in [2.24, 2.45) is 0 Å². The third kappa shape index (κ3) is 3.70. The van der Waals surface area contributed by atoms with E-state index in [1.807, 2.05) is 6.92 Å². The smallest absolute Gasteiger partial charge is 0.262 e. The van der Waals surface area contributed by atoms with Gasteiger partial charge in [-0.15, -0.1) is 0 Å². The van der Waals surface area contributed by atoms with Crippen LogP contribution in [-0.4, -0.2) is 14.5 Å². The van der Waals surface area contributed by atoms with Crippen LogP contribution in [0.3, 0.4) is 0 Å². The van der Waals surface area contributed by atoms with Crippen LogP contribution in [0.1, 0.15) is 31.2 Å². The van der Waals surface area contributed by atoms with E-state index < -0.39 is 15.8 Å². The zero-order valence-corrected chi connectivity index (χ0v) is 14.3. The number of benzene rings is 2. The first-order valence-corrected chi connectivity index (χ1v) is 9.49. The molecule has 24 heavy (non-hydrogen) atoms. The van der Waals surface area contributed by atoms with Gasteiger partial charge in [-0.25, -0.2) is 12.8 Å². The van der Waals surface area contributed by atoms with E-state index >= 15 is 0 Å². The predicted octanol–water partition coefficient (Wildman–Crippen LogP) is 4.26. The van der Waals surface area contributed by atoms with E-state index in [4.69, 9.17) is 4.74 Å². The first-order valence-electron chi connectivity index (χ1n) is 8.00. The van der Waals surface area contributed by atoms with Gasteiger partial charge in [0.25, 0.3) is 10.0 Å². The number of nitrogens with one attached hydrogen (secondary N) is 1. The number of ether oxygens (including phenoxy) is 1. The molecule has 1 N–H and O–H groups in total. The maximum Gasteiger partial charge on any atom is 0.262 e. The lowest BCUT2D eigenvalue weighted by molar-refractivity contribution is 0.210. The van der Waals surface area contributed by atoms with Gasteiger partial charge in [0.1, 0.15) is 11.4 Å². The fraction of sp³-hybridized carbons (Fsp3) is 0.333. The van der Waals surface area contributed by atoms with Crippen LogP contribution in [0.5, 0.6) is 5.75 Å². The fourth-order valence-corrected chi connectivity index (χ4v) is 3.88. The molecule has 0 aliphatic heterocycles.